The second-order valence-electron chi connectivity index (χ2n) is 3.76. The summed E-state index contributed by atoms with van der Waals surface area (Å²) in [6.45, 7) is 7.51. The fourth-order valence-electron chi connectivity index (χ4n) is 1.54. The Morgan fingerprint density at radius 3 is 2.40 bits per heavy atom. The molecule has 0 atom stereocenters. The number of nitrogen functional groups attached to an aromatic ring is 1. The average molecular weight is 283 g/mol. The summed E-state index contributed by atoms with van der Waals surface area (Å²) in [6.07, 6.45) is 0. The van der Waals surface area contributed by atoms with Gasteiger partial charge in [0.2, 0.25) is 17.8 Å². The Morgan fingerprint density at radius 1 is 1.20 bits per heavy atom. The van der Waals surface area contributed by atoms with Crippen molar-refractivity contribution in [3.05, 3.63) is 0 Å². The molecule has 0 aliphatic heterocycles. The first-order chi connectivity index (χ1) is 9.64. The van der Waals surface area contributed by atoms with E-state index in [1.54, 1.807) is 4.90 Å². The maximum atomic E-state index is 11.9. The number of hydrogen-bond acceptors (Lipinski definition) is 8. The molecule has 1 aromatic heterocycles. The molecule has 1 heterocycles. The Balaban J connectivity index is 2.71. The number of hydrogen-bond donors (Lipinski definition) is 3. The van der Waals surface area contributed by atoms with Crippen molar-refractivity contribution in [1.29, 1.82) is 0 Å². The fraction of sp³-hybridized carbons (Fsp3) is 0.636. The molecule has 0 saturated heterocycles. The van der Waals surface area contributed by atoms with Crippen LogP contribution in [0.4, 0.5) is 11.9 Å². The third-order valence-corrected chi connectivity index (χ3v) is 2.53. The number of carbonyl (C=O) groups is 1. The van der Waals surface area contributed by atoms with Gasteiger partial charge in [0.25, 0.3) is 0 Å². The minimum atomic E-state index is -0.0318. The molecule has 1 amide bonds. The van der Waals surface area contributed by atoms with Gasteiger partial charge in [0.05, 0.1) is 13.2 Å². The Morgan fingerprint density at radius 2 is 1.85 bits per heavy atom. The van der Waals surface area contributed by atoms with Gasteiger partial charge in [-0.05, 0) is 20.8 Å². The van der Waals surface area contributed by atoms with Crippen LogP contribution >= 0.6 is 0 Å². The molecular formula is C11H21N7O2. The molecule has 0 aliphatic rings. The van der Waals surface area contributed by atoms with Crippen LogP contribution in [-0.4, -0.2) is 52.0 Å². The van der Waals surface area contributed by atoms with Crippen LogP contribution in [0.2, 0.25) is 0 Å². The highest BCUT2D eigenvalue weighted by Gasteiger charge is 2.11. The van der Waals surface area contributed by atoms with Crippen LogP contribution < -0.4 is 21.3 Å². The van der Waals surface area contributed by atoms with Crippen molar-refractivity contribution in [3.8, 4) is 6.01 Å². The minimum Gasteiger partial charge on any atom is -0.464 e. The van der Waals surface area contributed by atoms with Crippen LogP contribution in [0, 0.1) is 0 Å². The fourth-order valence-corrected chi connectivity index (χ4v) is 1.54. The standard InChI is InChI=1S/C11H21N7O2/c1-4-18(5-2)8(19)7-13-9-14-10(17-12)16-11(15-9)20-6-3/h4-7,12H2,1-3H3,(H2,13,14,15,16,17). The lowest BCUT2D eigenvalue weighted by Gasteiger charge is -2.18. The molecule has 0 saturated carbocycles. The van der Waals surface area contributed by atoms with Gasteiger partial charge in [-0.25, -0.2) is 5.84 Å². The number of nitrogens with zero attached hydrogens (tertiary/aromatic N) is 4. The number of aromatic nitrogens is 3. The third-order valence-electron chi connectivity index (χ3n) is 2.53. The van der Waals surface area contributed by atoms with Crippen LogP contribution in [0.1, 0.15) is 20.8 Å². The lowest BCUT2D eigenvalue weighted by atomic mass is 10.4. The molecule has 112 valence electrons. The molecule has 9 heteroatoms. The molecular weight excluding hydrogens is 262 g/mol. The maximum Gasteiger partial charge on any atom is 0.323 e. The van der Waals surface area contributed by atoms with Crippen LogP contribution in [0.25, 0.3) is 0 Å². The summed E-state index contributed by atoms with van der Waals surface area (Å²) in [5, 5.41) is 2.84. The van der Waals surface area contributed by atoms with E-state index in [1.165, 1.54) is 0 Å². The topological polar surface area (TPSA) is 118 Å². The summed E-state index contributed by atoms with van der Waals surface area (Å²) in [6, 6.07) is 0.147. The number of rotatable bonds is 8. The monoisotopic (exact) mass is 283 g/mol. The molecule has 20 heavy (non-hydrogen) atoms. The lowest BCUT2D eigenvalue weighted by Crippen LogP contribution is -2.35. The van der Waals surface area contributed by atoms with E-state index < -0.39 is 0 Å². The van der Waals surface area contributed by atoms with Crippen molar-refractivity contribution in [2.24, 2.45) is 5.84 Å². The predicted octanol–water partition coefficient (Wildman–Crippen LogP) is -0.164. The number of hydrazine groups is 1. The second-order valence-corrected chi connectivity index (χ2v) is 3.76. The molecule has 0 unspecified atom stereocenters. The summed E-state index contributed by atoms with van der Waals surface area (Å²) in [7, 11) is 0. The molecule has 0 fully saturated rings. The molecule has 0 aliphatic carbocycles. The van der Waals surface area contributed by atoms with Crippen molar-refractivity contribution >= 4 is 17.8 Å². The predicted molar refractivity (Wildman–Crippen MR) is 75.2 cm³/mol. The quantitative estimate of drug-likeness (QED) is 0.445. The van der Waals surface area contributed by atoms with Gasteiger partial charge in [0.1, 0.15) is 0 Å². The molecule has 0 spiro atoms. The van der Waals surface area contributed by atoms with Gasteiger partial charge in [0.15, 0.2) is 0 Å². The number of amides is 1. The van der Waals surface area contributed by atoms with E-state index in [0.717, 1.165) is 0 Å². The summed E-state index contributed by atoms with van der Waals surface area (Å²) in [5.74, 6) is 5.64. The van der Waals surface area contributed by atoms with Crippen LogP contribution in [0.15, 0.2) is 0 Å². The zero-order valence-electron chi connectivity index (χ0n) is 12.0. The molecule has 1 rings (SSSR count). The van der Waals surface area contributed by atoms with E-state index in [4.69, 9.17) is 10.6 Å². The van der Waals surface area contributed by atoms with Crippen LogP contribution in [0.3, 0.4) is 0 Å². The Hall–Kier alpha value is -2.16. The van der Waals surface area contributed by atoms with Crippen molar-refractivity contribution in [2.45, 2.75) is 20.8 Å². The van der Waals surface area contributed by atoms with Crippen molar-refractivity contribution in [3.63, 3.8) is 0 Å². The van der Waals surface area contributed by atoms with E-state index in [0.29, 0.717) is 19.7 Å². The highest BCUT2D eigenvalue weighted by molar-refractivity contribution is 5.80. The molecule has 0 radical (unpaired) electrons. The van der Waals surface area contributed by atoms with E-state index in [9.17, 15) is 4.79 Å². The molecule has 4 N–H and O–H groups in total. The van der Waals surface area contributed by atoms with Gasteiger partial charge in [-0.2, -0.15) is 15.0 Å². The summed E-state index contributed by atoms with van der Waals surface area (Å²) >= 11 is 0. The summed E-state index contributed by atoms with van der Waals surface area (Å²) in [5.41, 5.74) is 2.32. The van der Waals surface area contributed by atoms with E-state index >= 15 is 0 Å². The zero-order valence-corrected chi connectivity index (χ0v) is 12.0. The smallest absolute Gasteiger partial charge is 0.323 e. The average Bonchev–Trinajstić information content (AvgIpc) is 2.46. The lowest BCUT2D eigenvalue weighted by molar-refractivity contribution is -0.128. The number of ether oxygens (including phenoxy) is 1. The first kappa shape index (κ1) is 15.9. The zero-order chi connectivity index (χ0) is 15.0. The van der Waals surface area contributed by atoms with Crippen molar-refractivity contribution in [1.82, 2.24) is 19.9 Å². The van der Waals surface area contributed by atoms with Gasteiger partial charge in [-0.3, -0.25) is 10.2 Å². The molecule has 0 bridgehead atoms. The highest BCUT2D eigenvalue weighted by Crippen LogP contribution is 2.10. The highest BCUT2D eigenvalue weighted by atomic mass is 16.5. The molecule has 1 aromatic rings. The number of nitrogens with two attached hydrogens (primary N) is 1. The first-order valence-electron chi connectivity index (χ1n) is 6.51. The second kappa shape index (κ2) is 8.10. The van der Waals surface area contributed by atoms with Gasteiger partial charge in [-0.1, -0.05) is 0 Å². The minimum absolute atomic E-state index is 0.0318. The number of carbonyl (C=O) groups excluding carboxylic acids is 1. The summed E-state index contributed by atoms with van der Waals surface area (Å²) in [4.78, 5) is 25.5. The van der Waals surface area contributed by atoms with E-state index in [1.807, 2.05) is 20.8 Å². The van der Waals surface area contributed by atoms with Gasteiger partial charge < -0.3 is 15.0 Å². The SMILES string of the molecule is CCOc1nc(NN)nc(NCC(=O)N(CC)CC)n1. The van der Waals surface area contributed by atoms with Crippen molar-refractivity contribution < 1.29 is 9.53 Å². The van der Waals surface area contributed by atoms with E-state index in [-0.39, 0.29) is 30.4 Å². The third kappa shape index (κ3) is 4.50. The number of likely N-dealkylation sites (N-methyl/N-ethyl adjacent to an activating group) is 1. The van der Waals surface area contributed by atoms with Crippen LogP contribution in [0.5, 0.6) is 6.01 Å². The number of anilines is 2. The van der Waals surface area contributed by atoms with Gasteiger partial charge >= 0.3 is 6.01 Å². The van der Waals surface area contributed by atoms with Gasteiger partial charge in [-0.15, -0.1) is 0 Å². The normalized spacial score (nSPS) is 10.0. The van der Waals surface area contributed by atoms with Crippen LogP contribution in [-0.2, 0) is 4.79 Å². The largest absolute Gasteiger partial charge is 0.464 e. The molecule has 0 aromatic carbocycles. The summed E-state index contributed by atoms with van der Waals surface area (Å²) < 4.78 is 5.19. The Labute approximate surface area is 117 Å². The Kier molecular flexibility index (Phi) is 6.44. The Bertz CT molecular complexity index is 437. The maximum absolute atomic E-state index is 11.9. The molecule has 9 nitrogen and oxygen atoms in total. The number of nitrogens with one attached hydrogen (secondary N) is 2. The van der Waals surface area contributed by atoms with Crippen molar-refractivity contribution in [2.75, 3.05) is 37.0 Å². The first-order valence-corrected chi connectivity index (χ1v) is 6.51. The van der Waals surface area contributed by atoms with E-state index in [2.05, 4.69) is 25.7 Å². The van der Waals surface area contributed by atoms with Gasteiger partial charge in [0, 0.05) is 13.1 Å².